The Balaban J connectivity index is 2.38. The van der Waals surface area contributed by atoms with Gasteiger partial charge >= 0.3 is 0 Å². The molecule has 4 nitrogen and oxygen atoms in total. The van der Waals surface area contributed by atoms with Crippen molar-refractivity contribution in [1.29, 1.82) is 0 Å². The smallest absolute Gasteiger partial charge is 0.203 e. The van der Waals surface area contributed by atoms with Gasteiger partial charge in [0.25, 0.3) is 0 Å². The topological polar surface area (TPSA) is 47.9 Å². The van der Waals surface area contributed by atoms with Gasteiger partial charge in [-0.15, -0.1) is 0 Å². The van der Waals surface area contributed by atoms with E-state index in [1.807, 2.05) is 12.1 Å². The summed E-state index contributed by atoms with van der Waals surface area (Å²) in [7, 11) is 4.72. The van der Waals surface area contributed by atoms with Crippen molar-refractivity contribution in [3.05, 3.63) is 29.3 Å². The number of aliphatic hydroxyl groups excluding tert-OH is 1. The fourth-order valence-corrected chi connectivity index (χ4v) is 2.58. The summed E-state index contributed by atoms with van der Waals surface area (Å²) in [5, 5.41) is 10.5. The second kappa shape index (κ2) is 6.66. The number of allylic oxidation sites excluding steroid dienone is 1. The molecule has 1 aliphatic carbocycles. The number of benzene rings is 1. The minimum atomic E-state index is -0.607. The highest BCUT2D eigenvalue weighted by molar-refractivity contribution is 5.55. The van der Waals surface area contributed by atoms with Crippen LogP contribution in [0.5, 0.6) is 17.2 Å². The van der Waals surface area contributed by atoms with Crippen LogP contribution in [0.25, 0.3) is 0 Å². The first kappa shape index (κ1) is 14.7. The van der Waals surface area contributed by atoms with Crippen LogP contribution >= 0.6 is 0 Å². The molecule has 0 bridgehead atoms. The Hall–Kier alpha value is -1.68. The molecule has 0 saturated heterocycles. The van der Waals surface area contributed by atoms with Crippen LogP contribution in [0.15, 0.2) is 23.8 Å². The highest BCUT2D eigenvalue weighted by Gasteiger charge is 2.20. The Bertz CT molecular complexity index is 468. The summed E-state index contributed by atoms with van der Waals surface area (Å²) in [6.07, 6.45) is 5.84. The summed E-state index contributed by atoms with van der Waals surface area (Å²) >= 11 is 0. The van der Waals surface area contributed by atoms with Gasteiger partial charge in [0, 0.05) is 0 Å². The molecule has 1 N–H and O–H groups in total. The van der Waals surface area contributed by atoms with Gasteiger partial charge in [-0.2, -0.15) is 0 Å². The zero-order valence-corrected chi connectivity index (χ0v) is 12.3. The molecule has 1 atom stereocenters. The minimum absolute atomic E-state index is 0.545. The van der Waals surface area contributed by atoms with Gasteiger partial charge in [-0.1, -0.05) is 6.08 Å². The number of ether oxygens (including phenoxy) is 3. The van der Waals surface area contributed by atoms with Crippen molar-refractivity contribution in [2.24, 2.45) is 0 Å². The number of rotatable bonds is 5. The Morgan fingerprint density at radius 2 is 1.65 bits per heavy atom. The minimum Gasteiger partial charge on any atom is -0.493 e. The Morgan fingerprint density at radius 1 is 1.00 bits per heavy atom. The quantitative estimate of drug-likeness (QED) is 0.840. The molecule has 1 aromatic carbocycles. The van der Waals surface area contributed by atoms with Crippen LogP contribution in [-0.4, -0.2) is 26.4 Å². The van der Waals surface area contributed by atoms with Crippen LogP contribution in [0, 0.1) is 0 Å². The zero-order chi connectivity index (χ0) is 14.5. The lowest BCUT2D eigenvalue weighted by molar-refractivity contribution is 0.206. The average Bonchev–Trinajstić information content (AvgIpc) is 2.53. The highest BCUT2D eigenvalue weighted by atomic mass is 16.5. The van der Waals surface area contributed by atoms with E-state index in [4.69, 9.17) is 14.2 Å². The van der Waals surface area contributed by atoms with Crippen LogP contribution in [0.1, 0.15) is 37.4 Å². The van der Waals surface area contributed by atoms with Crippen LogP contribution in [0.3, 0.4) is 0 Å². The summed E-state index contributed by atoms with van der Waals surface area (Å²) in [4.78, 5) is 0. The Morgan fingerprint density at radius 3 is 2.10 bits per heavy atom. The maximum atomic E-state index is 10.5. The third-order valence-electron chi connectivity index (χ3n) is 3.68. The van der Waals surface area contributed by atoms with E-state index in [1.165, 1.54) is 6.42 Å². The molecule has 4 heteroatoms. The second-order valence-electron chi connectivity index (χ2n) is 4.89. The van der Waals surface area contributed by atoms with Gasteiger partial charge in [0.2, 0.25) is 5.75 Å². The van der Waals surface area contributed by atoms with E-state index in [2.05, 4.69) is 6.08 Å². The Labute approximate surface area is 120 Å². The van der Waals surface area contributed by atoms with Crippen molar-refractivity contribution in [2.75, 3.05) is 21.3 Å². The standard InChI is InChI=1S/C16H22O4/c1-18-13-9-12(10-14(19-2)16(13)20-3)15(17)11-7-5-4-6-8-11/h7,9-10,15,17H,4-6,8H2,1-3H3. The molecule has 110 valence electrons. The predicted octanol–water partition coefficient (Wildman–Crippen LogP) is 3.25. The molecular weight excluding hydrogens is 256 g/mol. The predicted molar refractivity (Wildman–Crippen MR) is 77.6 cm³/mol. The summed E-state index contributed by atoms with van der Waals surface area (Å²) in [5.41, 5.74) is 1.85. The molecule has 20 heavy (non-hydrogen) atoms. The molecule has 0 spiro atoms. The van der Waals surface area contributed by atoms with Crippen molar-refractivity contribution < 1.29 is 19.3 Å². The van der Waals surface area contributed by atoms with E-state index in [0.29, 0.717) is 17.2 Å². The van der Waals surface area contributed by atoms with Crippen LogP contribution in [0.4, 0.5) is 0 Å². The molecule has 0 saturated carbocycles. The third-order valence-corrected chi connectivity index (χ3v) is 3.68. The fraction of sp³-hybridized carbons (Fsp3) is 0.500. The molecule has 0 aromatic heterocycles. The van der Waals surface area contributed by atoms with Crippen molar-refractivity contribution in [1.82, 2.24) is 0 Å². The number of methoxy groups -OCH3 is 3. The average molecular weight is 278 g/mol. The number of aliphatic hydroxyl groups is 1. The normalized spacial score (nSPS) is 16.3. The largest absolute Gasteiger partial charge is 0.493 e. The molecule has 0 aliphatic heterocycles. The van der Waals surface area contributed by atoms with Gasteiger partial charge < -0.3 is 19.3 Å². The summed E-state index contributed by atoms with van der Waals surface area (Å²) < 4.78 is 15.9. The summed E-state index contributed by atoms with van der Waals surface area (Å²) in [6, 6.07) is 3.61. The van der Waals surface area contributed by atoms with Crippen molar-refractivity contribution in [3.8, 4) is 17.2 Å². The van der Waals surface area contributed by atoms with Crippen molar-refractivity contribution in [2.45, 2.75) is 31.8 Å². The summed E-state index contributed by atoms with van der Waals surface area (Å²) in [6.45, 7) is 0. The fourth-order valence-electron chi connectivity index (χ4n) is 2.58. The van der Waals surface area contributed by atoms with Crippen molar-refractivity contribution in [3.63, 3.8) is 0 Å². The molecule has 0 amide bonds. The van der Waals surface area contributed by atoms with Crippen LogP contribution in [-0.2, 0) is 0 Å². The van der Waals surface area contributed by atoms with Crippen LogP contribution in [0.2, 0.25) is 0 Å². The second-order valence-corrected chi connectivity index (χ2v) is 4.89. The van der Waals surface area contributed by atoms with Crippen LogP contribution < -0.4 is 14.2 Å². The lowest BCUT2D eigenvalue weighted by Gasteiger charge is -2.21. The molecule has 0 fully saturated rings. The maximum absolute atomic E-state index is 10.5. The van der Waals surface area contributed by atoms with E-state index >= 15 is 0 Å². The van der Waals surface area contributed by atoms with E-state index < -0.39 is 6.10 Å². The van der Waals surface area contributed by atoms with Crippen molar-refractivity contribution >= 4 is 0 Å². The number of hydrogen-bond donors (Lipinski definition) is 1. The monoisotopic (exact) mass is 278 g/mol. The summed E-state index contributed by atoms with van der Waals surface area (Å²) in [5.74, 6) is 1.68. The highest BCUT2D eigenvalue weighted by Crippen LogP contribution is 2.41. The van der Waals surface area contributed by atoms with Gasteiger partial charge in [0.05, 0.1) is 21.3 Å². The van der Waals surface area contributed by atoms with Gasteiger partial charge in [-0.05, 0) is 49.0 Å². The molecule has 1 aromatic rings. The lowest BCUT2D eigenvalue weighted by Crippen LogP contribution is -2.06. The zero-order valence-electron chi connectivity index (χ0n) is 12.3. The Kier molecular flexibility index (Phi) is 4.90. The first-order valence-electron chi connectivity index (χ1n) is 6.88. The molecule has 2 rings (SSSR count). The molecule has 0 heterocycles. The van der Waals surface area contributed by atoms with E-state index in [-0.39, 0.29) is 0 Å². The van der Waals surface area contributed by atoms with E-state index in [0.717, 1.165) is 30.4 Å². The van der Waals surface area contributed by atoms with E-state index in [1.54, 1.807) is 21.3 Å². The molecule has 1 unspecified atom stereocenters. The van der Waals surface area contributed by atoms with Gasteiger partial charge in [0.1, 0.15) is 6.10 Å². The SMILES string of the molecule is COc1cc(C(O)C2=CCCCC2)cc(OC)c1OC. The van der Waals surface area contributed by atoms with Gasteiger partial charge in [-0.25, -0.2) is 0 Å². The lowest BCUT2D eigenvalue weighted by atomic mass is 9.91. The van der Waals surface area contributed by atoms with E-state index in [9.17, 15) is 5.11 Å². The molecular formula is C16H22O4. The van der Waals surface area contributed by atoms with Gasteiger partial charge in [0.15, 0.2) is 11.5 Å². The first-order valence-corrected chi connectivity index (χ1v) is 6.88. The first-order chi connectivity index (χ1) is 9.71. The molecule has 1 aliphatic rings. The number of hydrogen-bond acceptors (Lipinski definition) is 4. The van der Waals surface area contributed by atoms with Gasteiger partial charge in [-0.3, -0.25) is 0 Å². The third kappa shape index (κ3) is 2.90. The molecule has 0 radical (unpaired) electrons. The maximum Gasteiger partial charge on any atom is 0.203 e.